The van der Waals surface area contributed by atoms with Crippen molar-refractivity contribution in [2.24, 2.45) is 0 Å². The average Bonchev–Trinajstić information content (AvgIpc) is 2.83. The van der Waals surface area contributed by atoms with E-state index in [4.69, 9.17) is 20.1 Å². The summed E-state index contributed by atoms with van der Waals surface area (Å²) in [4.78, 5) is 0. The van der Waals surface area contributed by atoms with E-state index in [9.17, 15) is 5.11 Å². The Morgan fingerprint density at radius 3 is 1.73 bits per heavy atom. The van der Waals surface area contributed by atoms with Crippen LogP contribution in [-0.2, 0) is 0 Å². The molecule has 3 rings (SSSR count). The van der Waals surface area contributed by atoms with E-state index in [0.717, 1.165) is 28.0 Å². The summed E-state index contributed by atoms with van der Waals surface area (Å²) in [6.07, 6.45) is 1.28. The number of hydrogen-bond donors (Lipinski definition) is 4. The van der Waals surface area contributed by atoms with E-state index >= 15 is 0 Å². The normalized spacial score (nSPS) is 8.76. The molecular weight excluding hydrogens is 464 g/mol. The van der Waals surface area contributed by atoms with Crippen molar-refractivity contribution in [2.75, 3.05) is 0 Å². The number of benzene rings is 3. The van der Waals surface area contributed by atoms with Gasteiger partial charge in [0.1, 0.15) is 28.8 Å². The van der Waals surface area contributed by atoms with E-state index < -0.39 is 0 Å². The Balaban J connectivity index is 0. The molecule has 0 unspecified atom stereocenters. The smallest absolute Gasteiger partial charge is 0.134 e. The van der Waals surface area contributed by atoms with Gasteiger partial charge in [-0.25, -0.2) is 0 Å². The summed E-state index contributed by atoms with van der Waals surface area (Å²) in [6.45, 7) is 24.8. The van der Waals surface area contributed by atoms with E-state index in [1.54, 1.807) is 24.3 Å². The molecule has 0 fully saturated rings. The number of rotatable bonds is 3. The quantitative estimate of drug-likeness (QED) is 0.209. The van der Waals surface area contributed by atoms with Crippen LogP contribution in [0.25, 0.3) is 0 Å². The van der Waals surface area contributed by atoms with Crippen LogP contribution in [0.2, 0.25) is 0 Å². The Morgan fingerprint density at radius 1 is 0.757 bits per heavy atom. The highest BCUT2D eigenvalue weighted by molar-refractivity contribution is 5.46. The number of aliphatic hydroxyl groups is 2. The predicted molar refractivity (Wildman–Crippen MR) is 157 cm³/mol. The van der Waals surface area contributed by atoms with Gasteiger partial charge in [-0.3, -0.25) is 0 Å². The first kappa shape index (κ1) is 35.0. The van der Waals surface area contributed by atoms with Gasteiger partial charge in [0.05, 0.1) is 5.76 Å². The maximum atomic E-state index is 9.62. The first-order valence-electron chi connectivity index (χ1n) is 11.9. The maximum Gasteiger partial charge on any atom is 0.134 e. The van der Waals surface area contributed by atoms with Crippen molar-refractivity contribution in [2.45, 2.75) is 55.4 Å². The van der Waals surface area contributed by atoms with Crippen LogP contribution in [0.5, 0.6) is 23.0 Å². The molecule has 0 aliphatic heterocycles. The zero-order valence-corrected chi connectivity index (χ0v) is 23.6. The molecule has 4 N–H and O–H groups in total. The molecule has 0 spiro atoms. The van der Waals surface area contributed by atoms with E-state index in [1.165, 1.54) is 18.6 Å². The highest BCUT2D eigenvalue weighted by atomic mass is 16.5. The fourth-order valence-electron chi connectivity index (χ4n) is 2.37. The van der Waals surface area contributed by atoms with Crippen LogP contribution in [0.15, 0.2) is 91.9 Å². The van der Waals surface area contributed by atoms with Crippen LogP contribution >= 0.6 is 0 Å². The van der Waals surface area contributed by atoms with Crippen molar-refractivity contribution < 1.29 is 25.2 Å². The molecule has 0 aliphatic carbocycles. The number of allylic oxidation sites excluding steroid dienone is 2. The molecular formula is C32H44O5. The fraction of sp³-hybridized carbons (Fsp3) is 0.250. The molecule has 0 radical (unpaired) electrons. The van der Waals surface area contributed by atoms with Crippen LogP contribution in [0.1, 0.15) is 48.6 Å². The summed E-state index contributed by atoms with van der Waals surface area (Å²) in [7, 11) is 0. The van der Waals surface area contributed by atoms with Crippen LogP contribution < -0.4 is 4.74 Å². The van der Waals surface area contributed by atoms with Crippen molar-refractivity contribution in [3.8, 4) is 23.0 Å². The molecule has 0 atom stereocenters. The van der Waals surface area contributed by atoms with Gasteiger partial charge in [0, 0.05) is 5.56 Å². The Morgan fingerprint density at radius 2 is 1.27 bits per heavy atom. The second kappa shape index (κ2) is 19.1. The van der Waals surface area contributed by atoms with Crippen LogP contribution in [0.4, 0.5) is 0 Å². The Hall–Kier alpha value is -4.12. The van der Waals surface area contributed by atoms with E-state index in [1.807, 2.05) is 72.7 Å². The molecule has 3 aromatic rings. The van der Waals surface area contributed by atoms with Crippen LogP contribution in [0.3, 0.4) is 0 Å². The van der Waals surface area contributed by atoms with Gasteiger partial charge < -0.3 is 25.2 Å². The minimum atomic E-state index is 0.0185. The molecule has 0 saturated heterocycles. The van der Waals surface area contributed by atoms with Gasteiger partial charge in [0.2, 0.25) is 0 Å². The average molecular weight is 509 g/mol. The Bertz CT molecular complexity index is 1130. The van der Waals surface area contributed by atoms with Gasteiger partial charge in [-0.15, -0.1) is 0 Å². The Labute approximate surface area is 223 Å². The summed E-state index contributed by atoms with van der Waals surface area (Å²) in [6, 6.07) is 16.7. The monoisotopic (exact) mass is 508 g/mol. The fourth-order valence-corrected chi connectivity index (χ4v) is 2.37. The summed E-state index contributed by atoms with van der Waals surface area (Å²) < 4.78 is 5.84. The van der Waals surface area contributed by atoms with Crippen molar-refractivity contribution >= 4 is 0 Å². The van der Waals surface area contributed by atoms with Crippen LogP contribution in [0, 0.1) is 34.6 Å². The highest BCUT2D eigenvalue weighted by Crippen LogP contribution is 2.32. The van der Waals surface area contributed by atoms with Gasteiger partial charge in [0.25, 0.3) is 0 Å². The third kappa shape index (κ3) is 16.2. The van der Waals surface area contributed by atoms with E-state index in [-0.39, 0.29) is 17.3 Å². The van der Waals surface area contributed by atoms with E-state index in [0.29, 0.717) is 11.5 Å². The molecule has 0 bridgehead atoms. The molecule has 3 aromatic carbocycles. The van der Waals surface area contributed by atoms with Crippen molar-refractivity contribution in [1.82, 2.24) is 0 Å². The van der Waals surface area contributed by atoms with Crippen molar-refractivity contribution in [3.05, 3.63) is 120 Å². The zero-order chi connectivity index (χ0) is 29.1. The molecule has 0 aromatic heterocycles. The first-order valence-corrected chi connectivity index (χ1v) is 11.9. The number of aromatic hydroxyl groups is 2. The van der Waals surface area contributed by atoms with Gasteiger partial charge in [-0.05, 0) is 100 Å². The summed E-state index contributed by atoms with van der Waals surface area (Å²) in [5, 5.41) is 34.5. The molecule has 37 heavy (non-hydrogen) atoms. The first-order chi connectivity index (χ1) is 17.3. The number of aryl methyl sites for hydroxylation is 4. The standard InChI is InChI=1S/C15H16O2.C8H10O.C4H6O.C3H6O.C2H6/c1-10-7-8-11(2)15(9-10)17-14-6-4-5-13(16)12(14)3;1-6-3-4-8(9)5-7(6)2;1-3-4(2)5;1-3(2)4;1-2/h4-9,16H,1-3H3;3-5,9H,1-2H3;3,5H,1-2H2;4H,1H2,2H3;1-2H3. The van der Waals surface area contributed by atoms with Crippen molar-refractivity contribution in [1.29, 1.82) is 0 Å². The summed E-state index contributed by atoms with van der Waals surface area (Å²) in [5.41, 5.74) is 5.35. The largest absolute Gasteiger partial charge is 0.513 e. The number of phenolic OH excluding ortho intramolecular Hbond substituents is 2. The third-order valence-corrected chi connectivity index (χ3v) is 4.55. The van der Waals surface area contributed by atoms with Gasteiger partial charge >= 0.3 is 0 Å². The van der Waals surface area contributed by atoms with E-state index in [2.05, 4.69) is 25.8 Å². The molecule has 0 aliphatic rings. The summed E-state index contributed by atoms with van der Waals surface area (Å²) >= 11 is 0. The zero-order valence-electron chi connectivity index (χ0n) is 23.6. The number of ether oxygens (including phenoxy) is 1. The number of phenols is 2. The van der Waals surface area contributed by atoms with Crippen molar-refractivity contribution in [3.63, 3.8) is 0 Å². The topological polar surface area (TPSA) is 90.2 Å². The maximum absolute atomic E-state index is 9.62. The van der Waals surface area contributed by atoms with Gasteiger partial charge in [-0.2, -0.15) is 0 Å². The molecule has 0 heterocycles. The molecule has 202 valence electrons. The highest BCUT2D eigenvalue weighted by Gasteiger charge is 2.07. The number of hydrogen-bond acceptors (Lipinski definition) is 5. The molecule has 5 heteroatoms. The third-order valence-electron chi connectivity index (χ3n) is 4.55. The van der Waals surface area contributed by atoms with Crippen LogP contribution in [-0.4, -0.2) is 20.4 Å². The molecule has 5 nitrogen and oxygen atoms in total. The Kier molecular flexibility index (Phi) is 18.1. The lowest BCUT2D eigenvalue weighted by Crippen LogP contribution is -1.91. The second-order valence-electron chi connectivity index (χ2n) is 7.97. The van der Waals surface area contributed by atoms with Gasteiger partial charge in [0.15, 0.2) is 0 Å². The number of aliphatic hydroxyl groups excluding tert-OH is 2. The minimum absolute atomic E-state index is 0.0185. The molecule has 0 saturated carbocycles. The molecule has 0 amide bonds. The minimum Gasteiger partial charge on any atom is -0.513 e. The lowest BCUT2D eigenvalue weighted by atomic mass is 10.1. The summed E-state index contributed by atoms with van der Waals surface area (Å²) in [5.74, 6) is 2.31. The second-order valence-corrected chi connectivity index (χ2v) is 7.97. The lowest BCUT2D eigenvalue weighted by molar-refractivity contribution is 0.417. The van der Waals surface area contributed by atoms with Gasteiger partial charge in [-0.1, -0.05) is 57.8 Å². The predicted octanol–water partition coefficient (Wildman–Crippen LogP) is 9.47. The SMILES string of the molecule is C=C(C)O.C=CC(=C)O.CC.Cc1ccc(C)c(Oc2cccc(O)c2C)c1.Cc1ccc(O)cc1C. The lowest BCUT2D eigenvalue weighted by Gasteiger charge is -2.12.